The lowest BCUT2D eigenvalue weighted by molar-refractivity contribution is -0.123. The molecule has 2 unspecified atom stereocenters. The summed E-state index contributed by atoms with van der Waals surface area (Å²) in [6.45, 7) is 3.90. The van der Waals surface area contributed by atoms with Gasteiger partial charge in [-0.2, -0.15) is 0 Å². The number of rotatable bonds is 31. The fraction of sp³-hybridized carbons (Fsp3) is 0.523. The number of unbranched alkanes of at least 4 members (excludes halogenated alkanes) is 7. The Bertz CT molecular complexity index is 1020. The molecule has 0 fully saturated rings. The minimum atomic E-state index is -0.884. The van der Waals surface area contributed by atoms with Crippen molar-refractivity contribution in [1.82, 2.24) is 5.32 Å². The van der Waals surface area contributed by atoms with Crippen LogP contribution in [0, 0.1) is 0 Å². The number of hydrogen-bond donors (Lipinski definition) is 3. The highest BCUT2D eigenvalue weighted by Crippen LogP contribution is 2.09. The second-order valence-corrected chi connectivity index (χ2v) is 11.9. The summed E-state index contributed by atoms with van der Waals surface area (Å²) < 4.78 is 0. The molecule has 4 heteroatoms. The van der Waals surface area contributed by atoms with Crippen LogP contribution in [0.5, 0.6) is 0 Å². The van der Waals surface area contributed by atoms with Crippen LogP contribution >= 0.6 is 0 Å². The SMILES string of the molecule is C/C=C/CC/C=C/CC/C=C/C(O)C(CO)NC(=O)CCCCCCC/C=C\C/C=C\C/C=C\C/C=C\C/C=C\C/C=C\C/C=C\CC. The lowest BCUT2D eigenvalue weighted by Gasteiger charge is -2.19. The topological polar surface area (TPSA) is 69.6 Å². The number of hydrogen-bond acceptors (Lipinski definition) is 3. The van der Waals surface area contributed by atoms with Crippen molar-refractivity contribution in [3.8, 4) is 0 Å². The molecule has 0 bridgehead atoms. The maximum absolute atomic E-state index is 12.3. The predicted molar refractivity (Wildman–Crippen MR) is 211 cm³/mol. The molecule has 0 rings (SSSR count). The highest BCUT2D eigenvalue weighted by molar-refractivity contribution is 5.76. The maximum Gasteiger partial charge on any atom is 0.220 e. The molecule has 0 radical (unpaired) electrons. The molecule has 0 aromatic carbocycles. The summed E-state index contributed by atoms with van der Waals surface area (Å²) in [5.41, 5.74) is 0. The minimum Gasteiger partial charge on any atom is -0.394 e. The summed E-state index contributed by atoms with van der Waals surface area (Å²) >= 11 is 0. The van der Waals surface area contributed by atoms with Gasteiger partial charge in [0, 0.05) is 6.42 Å². The van der Waals surface area contributed by atoms with Crippen molar-refractivity contribution < 1.29 is 15.0 Å². The molecule has 0 aliphatic heterocycles. The van der Waals surface area contributed by atoms with Gasteiger partial charge in [0.2, 0.25) is 5.91 Å². The molecular formula is C44H69NO3. The third-order valence-corrected chi connectivity index (χ3v) is 7.50. The largest absolute Gasteiger partial charge is 0.394 e. The van der Waals surface area contributed by atoms with Crippen LogP contribution in [-0.2, 0) is 4.79 Å². The van der Waals surface area contributed by atoms with Gasteiger partial charge in [-0.15, -0.1) is 0 Å². The molecule has 48 heavy (non-hydrogen) atoms. The van der Waals surface area contributed by atoms with Gasteiger partial charge in [0.1, 0.15) is 0 Å². The van der Waals surface area contributed by atoms with Gasteiger partial charge in [0.15, 0.2) is 0 Å². The lowest BCUT2D eigenvalue weighted by Crippen LogP contribution is -2.45. The zero-order chi connectivity index (χ0) is 35.0. The standard InChI is InChI=1S/C44H69NO3/c1-3-5-7-9-11-13-14-15-16-17-18-19-20-21-22-23-24-25-26-27-28-29-30-32-34-36-38-40-44(48)45-42(41-46)43(47)39-37-35-33-31-12-10-8-6-4-2/h4-7,11-13,15-16,18-19,21-22,24-25,27-28,31,37,39,42-43,46-47H,3,8-10,14,17,20,23,26,29-30,32-36,38,40-41H2,1-2H3,(H,45,48)/b6-4+,7-5-,13-11-,16-15-,19-18-,22-21-,25-24-,28-27-,31-12+,39-37+. The zero-order valence-corrected chi connectivity index (χ0v) is 30.4. The van der Waals surface area contributed by atoms with Crippen LogP contribution in [0.3, 0.4) is 0 Å². The number of carbonyl (C=O) groups excluding carboxylic acids is 1. The zero-order valence-electron chi connectivity index (χ0n) is 30.4. The molecule has 0 aromatic heterocycles. The van der Waals surface area contributed by atoms with Crippen LogP contribution in [0.15, 0.2) is 122 Å². The fourth-order valence-electron chi connectivity index (χ4n) is 4.66. The molecule has 4 nitrogen and oxygen atoms in total. The third kappa shape index (κ3) is 34.1. The number of amides is 1. The van der Waals surface area contributed by atoms with E-state index in [0.29, 0.717) is 6.42 Å². The Morgan fingerprint density at radius 3 is 1.46 bits per heavy atom. The first-order chi connectivity index (χ1) is 23.7. The Hall–Kier alpha value is -3.21. The van der Waals surface area contributed by atoms with Crippen LogP contribution in [0.25, 0.3) is 0 Å². The first kappa shape index (κ1) is 44.8. The van der Waals surface area contributed by atoms with Crippen molar-refractivity contribution in [2.45, 2.75) is 142 Å². The van der Waals surface area contributed by atoms with Crippen LogP contribution < -0.4 is 5.32 Å². The smallest absolute Gasteiger partial charge is 0.220 e. The van der Waals surface area contributed by atoms with E-state index < -0.39 is 12.1 Å². The molecule has 0 spiro atoms. The molecule has 3 N–H and O–H groups in total. The van der Waals surface area contributed by atoms with E-state index in [2.05, 4.69) is 122 Å². The van der Waals surface area contributed by atoms with Crippen LogP contribution in [0.2, 0.25) is 0 Å². The van der Waals surface area contributed by atoms with Gasteiger partial charge in [-0.1, -0.05) is 148 Å². The molecule has 0 aromatic rings. The van der Waals surface area contributed by atoms with Gasteiger partial charge >= 0.3 is 0 Å². The van der Waals surface area contributed by atoms with E-state index in [-0.39, 0.29) is 12.5 Å². The molecule has 0 aliphatic carbocycles. The van der Waals surface area contributed by atoms with E-state index in [9.17, 15) is 15.0 Å². The first-order valence-corrected chi connectivity index (χ1v) is 18.7. The number of nitrogens with one attached hydrogen (secondary N) is 1. The highest BCUT2D eigenvalue weighted by atomic mass is 16.3. The lowest BCUT2D eigenvalue weighted by atomic mass is 10.1. The van der Waals surface area contributed by atoms with E-state index in [1.807, 2.05) is 13.0 Å². The van der Waals surface area contributed by atoms with E-state index >= 15 is 0 Å². The summed E-state index contributed by atoms with van der Waals surface area (Å²) in [5, 5.41) is 22.7. The molecule has 0 saturated heterocycles. The van der Waals surface area contributed by atoms with Gasteiger partial charge in [0.05, 0.1) is 18.8 Å². The van der Waals surface area contributed by atoms with Gasteiger partial charge in [-0.3, -0.25) is 4.79 Å². The van der Waals surface area contributed by atoms with E-state index in [1.165, 1.54) is 12.8 Å². The second-order valence-electron chi connectivity index (χ2n) is 11.9. The van der Waals surface area contributed by atoms with Crippen molar-refractivity contribution >= 4 is 5.91 Å². The predicted octanol–water partition coefficient (Wildman–Crippen LogP) is 11.4. The minimum absolute atomic E-state index is 0.108. The number of aliphatic hydroxyl groups is 2. The number of allylic oxidation sites excluding steroid dienone is 19. The highest BCUT2D eigenvalue weighted by Gasteiger charge is 2.17. The van der Waals surface area contributed by atoms with Crippen molar-refractivity contribution in [1.29, 1.82) is 0 Å². The Morgan fingerprint density at radius 1 is 0.542 bits per heavy atom. The molecule has 1 amide bonds. The van der Waals surface area contributed by atoms with E-state index in [0.717, 1.165) is 96.3 Å². The third-order valence-electron chi connectivity index (χ3n) is 7.50. The molecule has 0 heterocycles. The average molecular weight is 660 g/mol. The quantitative estimate of drug-likeness (QED) is 0.0512. The fourth-order valence-corrected chi connectivity index (χ4v) is 4.66. The normalized spacial score (nSPS) is 14.5. The second kappa shape index (κ2) is 38.2. The Balaban J connectivity index is 3.74. The molecule has 268 valence electrons. The monoisotopic (exact) mass is 660 g/mol. The summed E-state index contributed by atoms with van der Waals surface area (Å²) in [4.78, 5) is 12.3. The van der Waals surface area contributed by atoms with Crippen molar-refractivity contribution in [3.05, 3.63) is 122 Å². The molecule has 2 atom stereocenters. The summed E-state index contributed by atoms with van der Waals surface area (Å²) in [6, 6.07) is -0.662. The van der Waals surface area contributed by atoms with E-state index in [4.69, 9.17) is 0 Å². The summed E-state index contributed by atoms with van der Waals surface area (Å²) in [5.74, 6) is -0.108. The van der Waals surface area contributed by atoms with Crippen molar-refractivity contribution in [2.75, 3.05) is 6.61 Å². The Kier molecular flexibility index (Phi) is 35.7. The van der Waals surface area contributed by atoms with E-state index in [1.54, 1.807) is 6.08 Å². The van der Waals surface area contributed by atoms with Gasteiger partial charge < -0.3 is 15.5 Å². The van der Waals surface area contributed by atoms with Crippen molar-refractivity contribution in [2.24, 2.45) is 0 Å². The summed E-state index contributed by atoms with van der Waals surface area (Å²) in [6.07, 6.45) is 60.2. The van der Waals surface area contributed by atoms with Gasteiger partial charge in [0.25, 0.3) is 0 Å². The maximum atomic E-state index is 12.3. The molecule has 0 aliphatic rings. The molecular weight excluding hydrogens is 590 g/mol. The van der Waals surface area contributed by atoms with Crippen LogP contribution in [0.4, 0.5) is 0 Å². The molecule has 0 saturated carbocycles. The van der Waals surface area contributed by atoms with Gasteiger partial charge in [-0.25, -0.2) is 0 Å². The van der Waals surface area contributed by atoms with Crippen LogP contribution in [0.1, 0.15) is 129 Å². The Labute approximate surface area is 295 Å². The van der Waals surface area contributed by atoms with Crippen LogP contribution in [-0.4, -0.2) is 34.9 Å². The summed E-state index contributed by atoms with van der Waals surface area (Å²) in [7, 11) is 0. The van der Waals surface area contributed by atoms with Crippen molar-refractivity contribution in [3.63, 3.8) is 0 Å². The number of carbonyl (C=O) groups is 1. The first-order valence-electron chi connectivity index (χ1n) is 18.7. The van der Waals surface area contributed by atoms with Gasteiger partial charge in [-0.05, 0) is 96.8 Å². The number of aliphatic hydroxyl groups excluding tert-OH is 2. The average Bonchev–Trinajstić information content (AvgIpc) is 3.09. The Morgan fingerprint density at radius 2 is 0.958 bits per heavy atom.